The molecule has 1 atom stereocenters. The monoisotopic (exact) mass is 444 g/mol. The average molecular weight is 444 g/mol. The van der Waals surface area contributed by atoms with Crippen molar-refractivity contribution in [2.45, 2.75) is 38.1 Å². The van der Waals surface area contributed by atoms with Crippen LogP contribution < -0.4 is 16.1 Å². The lowest BCUT2D eigenvalue weighted by Crippen LogP contribution is -2.39. The van der Waals surface area contributed by atoms with Gasteiger partial charge in [-0.05, 0) is 55.5 Å². The number of aryl methyl sites for hydroxylation is 1. The molecule has 8 nitrogen and oxygen atoms in total. The quantitative estimate of drug-likeness (QED) is 0.688. The number of methoxy groups -OCH3 is 1. The third-order valence-electron chi connectivity index (χ3n) is 5.38. The Kier molecular flexibility index (Phi) is 5.73. The zero-order valence-corrected chi connectivity index (χ0v) is 17.6. The molecule has 2 amide bonds. The molecule has 4 rings (SSSR count). The standard InChI is InChI=1S/C21H21FN4O4S/c1-30-21(29)17-13-4-2-3-5-16(13)31-20(17)24-19(28)14-10-15(18(23)27)26(25-14)12-8-6-11(22)7-9-12/h6-9,15H,2-5,10H2,1H3,(H2,23,27)(H,24,28). The predicted molar refractivity (Wildman–Crippen MR) is 115 cm³/mol. The molecule has 1 unspecified atom stereocenters. The van der Waals surface area contributed by atoms with Crippen LogP contribution in [-0.4, -0.2) is 36.6 Å². The summed E-state index contributed by atoms with van der Waals surface area (Å²) in [4.78, 5) is 38.3. The first kappa shape index (κ1) is 21.0. The number of esters is 1. The summed E-state index contributed by atoms with van der Waals surface area (Å²) < 4.78 is 18.2. The molecule has 0 radical (unpaired) electrons. The van der Waals surface area contributed by atoms with Crippen LogP contribution in [0.1, 0.15) is 40.1 Å². The second kappa shape index (κ2) is 8.46. The summed E-state index contributed by atoms with van der Waals surface area (Å²) in [5.74, 6) is -2.11. The Bertz CT molecular complexity index is 1080. The van der Waals surface area contributed by atoms with Gasteiger partial charge in [0.05, 0.1) is 18.4 Å². The highest BCUT2D eigenvalue weighted by atomic mass is 32.1. The summed E-state index contributed by atoms with van der Waals surface area (Å²) >= 11 is 1.36. The fourth-order valence-corrected chi connectivity index (χ4v) is 5.12. The third kappa shape index (κ3) is 4.02. The number of anilines is 2. The molecule has 31 heavy (non-hydrogen) atoms. The van der Waals surface area contributed by atoms with Crippen molar-refractivity contribution >= 4 is 45.5 Å². The average Bonchev–Trinajstić information content (AvgIpc) is 3.36. The predicted octanol–water partition coefficient (Wildman–Crippen LogP) is 2.61. The van der Waals surface area contributed by atoms with Crippen LogP contribution in [0, 0.1) is 5.82 Å². The van der Waals surface area contributed by atoms with Crippen molar-refractivity contribution in [3.8, 4) is 0 Å². The van der Waals surface area contributed by atoms with Gasteiger partial charge in [0.25, 0.3) is 5.91 Å². The lowest BCUT2D eigenvalue weighted by Gasteiger charge is -2.20. The van der Waals surface area contributed by atoms with E-state index in [2.05, 4.69) is 10.4 Å². The normalized spacial score (nSPS) is 17.7. The number of carbonyl (C=O) groups is 3. The number of ether oxygens (including phenoxy) is 1. The first-order valence-corrected chi connectivity index (χ1v) is 10.7. The maximum atomic E-state index is 13.3. The molecule has 10 heteroatoms. The number of carbonyl (C=O) groups excluding carboxylic acids is 3. The number of hydrogen-bond donors (Lipinski definition) is 2. The van der Waals surface area contributed by atoms with Crippen molar-refractivity contribution in [3.05, 3.63) is 46.1 Å². The van der Waals surface area contributed by atoms with E-state index in [0.717, 1.165) is 36.1 Å². The molecule has 2 heterocycles. The molecule has 0 saturated heterocycles. The number of hydrogen-bond acceptors (Lipinski definition) is 7. The van der Waals surface area contributed by atoms with Crippen molar-refractivity contribution < 1.29 is 23.5 Å². The Morgan fingerprint density at radius 3 is 2.61 bits per heavy atom. The Hall–Kier alpha value is -3.27. The smallest absolute Gasteiger partial charge is 0.341 e. The van der Waals surface area contributed by atoms with Crippen molar-refractivity contribution in [2.75, 3.05) is 17.4 Å². The molecule has 1 aromatic heterocycles. The summed E-state index contributed by atoms with van der Waals surface area (Å²) in [6.45, 7) is 0. The van der Waals surface area contributed by atoms with Crippen LogP contribution in [0.5, 0.6) is 0 Å². The van der Waals surface area contributed by atoms with Gasteiger partial charge in [-0.1, -0.05) is 0 Å². The Morgan fingerprint density at radius 1 is 1.23 bits per heavy atom. The fraction of sp³-hybridized carbons (Fsp3) is 0.333. The maximum Gasteiger partial charge on any atom is 0.341 e. The van der Waals surface area contributed by atoms with Gasteiger partial charge in [0, 0.05) is 11.3 Å². The van der Waals surface area contributed by atoms with E-state index < -0.39 is 29.6 Å². The number of fused-ring (bicyclic) bond motifs is 1. The van der Waals surface area contributed by atoms with Gasteiger partial charge in [0.2, 0.25) is 5.91 Å². The number of benzene rings is 1. The molecule has 0 fully saturated rings. The van der Waals surface area contributed by atoms with Crippen molar-refractivity contribution in [1.29, 1.82) is 0 Å². The molecule has 1 aliphatic carbocycles. The van der Waals surface area contributed by atoms with Gasteiger partial charge in [0.1, 0.15) is 22.6 Å². The van der Waals surface area contributed by atoms with Gasteiger partial charge >= 0.3 is 5.97 Å². The number of rotatable bonds is 5. The van der Waals surface area contributed by atoms with E-state index in [-0.39, 0.29) is 12.1 Å². The highest BCUT2D eigenvalue weighted by Crippen LogP contribution is 2.38. The van der Waals surface area contributed by atoms with Crippen molar-refractivity contribution in [3.63, 3.8) is 0 Å². The zero-order valence-electron chi connectivity index (χ0n) is 16.8. The van der Waals surface area contributed by atoms with Crippen LogP contribution in [0.25, 0.3) is 0 Å². The third-order valence-corrected chi connectivity index (χ3v) is 6.59. The van der Waals surface area contributed by atoms with Gasteiger partial charge in [-0.25, -0.2) is 9.18 Å². The summed E-state index contributed by atoms with van der Waals surface area (Å²) in [6.07, 6.45) is 3.61. The Labute approximate surface area is 181 Å². The maximum absolute atomic E-state index is 13.3. The van der Waals surface area contributed by atoms with E-state index in [1.807, 2.05) is 0 Å². The Morgan fingerprint density at radius 2 is 1.94 bits per heavy atom. The summed E-state index contributed by atoms with van der Waals surface area (Å²) in [6, 6.07) is 4.51. The number of primary amides is 1. The van der Waals surface area contributed by atoms with E-state index in [4.69, 9.17) is 10.5 Å². The number of thiophene rings is 1. The first-order valence-electron chi connectivity index (χ1n) is 9.85. The molecule has 1 aromatic carbocycles. The lowest BCUT2D eigenvalue weighted by molar-refractivity contribution is -0.119. The van der Waals surface area contributed by atoms with Crippen LogP contribution in [-0.2, 0) is 27.2 Å². The molecule has 3 N–H and O–H groups in total. The van der Waals surface area contributed by atoms with Gasteiger partial charge in [-0.3, -0.25) is 14.6 Å². The minimum absolute atomic E-state index is 0.00279. The molecule has 0 saturated carbocycles. The molecule has 162 valence electrons. The van der Waals surface area contributed by atoms with E-state index in [1.165, 1.54) is 47.7 Å². The largest absolute Gasteiger partial charge is 0.465 e. The van der Waals surface area contributed by atoms with E-state index in [1.54, 1.807) is 0 Å². The number of amides is 2. The molecule has 0 bridgehead atoms. The Balaban J connectivity index is 1.62. The number of nitrogens with two attached hydrogens (primary N) is 1. The molecule has 2 aliphatic rings. The molecule has 0 spiro atoms. The van der Waals surface area contributed by atoms with Crippen LogP contribution in [0.3, 0.4) is 0 Å². The zero-order chi connectivity index (χ0) is 22.1. The van der Waals surface area contributed by atoms with E-state index >= 15 is 0 Å². The SMILES string of the molecule is COC(=O)c1c(NC(=O)C2=NN(c3ccc(F)cc3)C(C(N)=O)C2)sc2c1CCCC2. The number of nitrogens with zero attached hydrogens (tertiary/aromatic N) is 2. The summed E-state index contributed by atoms with van der Waals surface area (Å²) in [5, 5.41) is 8.78. The fourth-order valence-electron chi connectivity index (χ4n) is 3.85. The topological polar surface area (TPSA) is 114 Å². The molecular weight excluding hydrogens is 423 g/mol. The van der Waals surface area contributed by atoms with Gasteiger partial charge < -0.3 is 15.8 Å². The second-order valence-corrected chi connectivity index (χ2v) is 8.46. The van der Waals surface area contributed by atoms with Crippen molar-refractivity contribution in [2.24, 2.45) is 10.8 Å². The van der Waals surface area contributed by atoms with Gasteiger partial charge in [0.15, 0.2) is 0 Å². The van der Waals surface area contributed by atoms with Gasteiger partial charge in [-0.2, -0.15) is 5.10 Å². The minimum Gasteiger partial charge on any atom is -0.465 e. The first-order chi connectivity index (χ1) is 14.9. The molecule has 2 aromatic rings. The second-order valence-electron chi connectivity index (χ2n) is 7.35. The lowest BCUT2D eigenvalue weighted by atomic mass is 9.95. The van der Waals surface area contributed by atoms with E-state index in [9.17, 15) is 18.8 Å². The summed E-state index contributed by atoms with van der Waals surface area (Å²) in [5.41, 5.74) is 7.34. The van der Waals surface area contributed by atoms with Crippen LogP contribution in [0.15, 0.2) is 29.4 Å². The summed E-state index contributed by atoms with van der Waals surface area (Å²) in [7, 11) is 1.31. The molecular formula is C21H21FN4O4S. The number of nitrogens with one attached hydrogen (secondary N) is 1. The highest BCUT2D eigenvalue weighted by Gasteiger charge is 2.36. The van der Waals surface area contributed by atoms with Crippen LogP contribution in [0.2, 0.25) is 0 Å². The van der Waals surface area contributed by atoms with Crippen LogP contribution in [0.4, 0.5) is 15.1 Å². The van der Waals surface area contributed by atoms with Gasteiger partial charge in [-0.15, -0.1) is 11.3 Å². The minimum atomic E-state index is -0.872. The number of halogens is 1. The highest BCUT2D eigenvalue weighted by molar-refractivity contribution is 7.17. The van der Waals surface area contributed by atoms with Crippen LogP contribution >= 0.6 is 11.3 Å². The van der Waals surface area contributed by atoms with Crippen molar-refractivity contribution in [1.82, 2.24) is 0 Å². The van der Waals surface area contributed by atoms with E-state index in [0.29, 0.717) is 16.3 Å². The molecule has 1 aliphatic heterocycles. The number of hydrazone groups is 1.